The number of aryl methyl sites for hydroxylation is 1. The summed E-state index contributed by atoms with van der Waals surface area (Å²) in [5.74, 6) is 0.178. The van der Waals surface area contributed by atoms with Gasteiger partial charge < -0.3 is 18.9 Å². The molecule has 0 amide bonds. The fourth-order valence-electron chi connectivity index (χ4n) is 2.63. The molecule has 0 spiro atoms. The highest BCUT2D eigenvalue weighted by atomic mass is 16.5. The predicted octanol–water partition coefficient (Wildman–Crippen LogP) is 3.46. The van der Waals surface area contributed by atoms with Crippen LogP contribution in [0.5, 0.6) is 17.2 Å². The van der Waals surface area contributed by atoms with Crippen molar-refractivity contribution < 1.29 is 28.5 Å². The van der Waals surface area contributed by atoms with Crippen LogP contribution in [0.4, 0.5) is 0 Å². The predicted molar refractivity (Wildman–Crippen MR) is 101 cm³/mol. The summed E-state index contributed by atoms with van der Waals surface area (Å²) < 4.78 is 20.8. The number of carbonyl (C=O) groups is 2. The molecule has 6 heteroatoms. The van der Waals surface area contributed by atoms with Crippen molar-refractivity contribution in [3.05, 3.63) is 53.6 Å². The molecule has 0 fully saturated rings. The number of ether oxygens (including phenoxy) is 4. The lowest BCUT2D eigenvalue weighted by Gasteiger charge is -2.13. The largest absolute Gasteiger partial charge is 0.493 e. The van der Waals surface area contributed by atoms with Crippen molar-refractivity contribution >= 4 is 11.8 Å². The smallest absolute Gasteiger partial charge is 0.313 e. The second kappa shape index (κ2) is 10.2. The average Bonchev–Trinajstić information content (AvgIpc) is 2.70. The van der Waals surface area contributed by atoms with Crippen molar-refractivity contribution in [2.24, 2.45) is 0 Å². The van der Waals surface area contributed by atoms with Crippen LogP contribution in [0.3, 0.4) is 0 Å². The molecule has 144 valence electrons. The van der Waals surface area contributed by atoms with Gasteiger partial charge in [-0.1, -0.05) is 30.3 Å². The van der Waals surface area contributed by atoms with Gasteiger partial charge in [-0.15, -0.1) is 0 Å². The molecule has 2 rings (SSSR count). The monoisotopic (exact) mass is 372 g/mol. The minimum atomic E-state index is -0.554. The number of methoxy groups -OCH3 is 3. The zero-order valence-electron chi connectivity index (χ0n) is 15.8. The summed E-state index contributed by atoms with van der Waals surface area (Å²) in [5, 5.41) is 0. The van der Waals surface area contributed by atoms with Gasteiger partial charge in [0.15, 0.2) is 17.3 Å². The number of ketones is 1. The maximum Gasteiger partial charge on any atom is 0.313 e. The van der Waals surface area contributed by atoms with Crippen molar-refractivity contribution in [3.8, 4) is 17.2 Å². The molecule has 0 aliphatic rings. The molecule has 0 unspecified atom stereocenters. The van der Waals surface area contributed by atoms with E-state index in [1.54, 1.807) is 0 Å². The van der Waals surface area contributed by atoms with Crippen LogP contribution in [-0.4, -0.2) is 39.7 Å². The molecule has 0 saturated carbocycles. The molecular weight excluding hydrogens is 348 g/mol. The summed E-state index contributed by atoms with van der Waals surface area (Å²) in [4.78, 5) is 24.3. The Kier molecular flexibility index (Phi) is 7.67. The van der Waals surface area contributed by atoms with Crippen LogP contribution in [0.15, 0.2) is 42.5 Å². The Balaban J connectivity index is 1.89. The van der Waals surface area contributed by atoms with Crippen LogP contribution in [0.25, 0.3) is 0 Å². The van der Waals surface area contributed by atoms with Crippen LogP contribution >= 0.6 is 0 Å². The van der Waals surface area contributed by atoms with Gasteiger partial charge in [0.05, 0.1) is 27.9 Å². The first-order chi connectivity index (χ1) is 13.1. The fourth-order valence-corrected chi connectivity index (χ4v) is 2.63. The standard InChI is InChI=1S/C21H24O6/c1-24-18-12-16(13-19(25-2)21(18)26-3)17(22)14-20(23)27-11-7-10-15-8-5-4-6-9-15/h4-6,8-9,12-13H,7,10-11,14H2,1-3H3. The quantitative estimate of drug-likeness (QED) is 0.275. The molecule has 0 aromatic heterocycles. The first-order valence-corrected chi connectivity index (χ1v) is 8.61. The lowest BCUT2D eigenvalue weighted by Crippen LogP contribution is -2.13. The highest BCUT2D eigenvalue weighted by molar-refractivity contribution is 6.06. The van der Waals surface area contributed by atoms with Crippen LogP contribution in [0.2, 0.25) is 0 Å². The Bertz CT molecular complexity index is 744. The Morgan fingerprint density at radius 2 is 1.52 bits per heavy atom. The van der Waals surface area contributed by atoms with Crippen LogP contribution in [0, 0.1) is 0 Å². The fraction of sp³-hybridized carbons (Fsp3) is 0.333. The van der Waals surface area contributed by atoms with Crippen molar-refractivity contribution in [2.45, 2.75) is 19.3 Å². The average molecular weight is 372 g/mol. The van der Waals surface area contributed by atoms with Gasteiger partial charge in [0.2, 0.25) is 5.75 Å². The second-order valence-corrected chi connectivity index (χ2v) is 5.82. The van der Waals surface area contributed by atoms with Crippen molar-refractivity contribution in [1.29, 1.82) is 0 Å². The molecule has 0 aliphatic heterocycles. The zero-order valence-corrected chi connectivity index (χ0v) is 15.8. The van der Waals surface area contributed by atoms with Gasteiger partial charge in [0.1, 0.15) is 6.42 Å². The maximum atomic E-state index is 12.4. The molecule has 2 aromatic carbocycles. The third kappa shape index (κ3) is 5.74. The van der Waals surface area contributed by atoms with Crippen molar-refractivity contribution in [2.75, 3.05) is 27.9 Å². The number of hydrogen-bond donors (Lipinski definition) is 0. The lowest BCUT2D eigenvalue weighted by molar-refractivity contribution is -0.142. The molecule has 27 heavy (non-hydrogen) atoms. The van der Waals surface area contributed by atoms with Crippen LogP contribution < -0.4 is 14.2 Å². The van der Waals surface area contributed by atoms with Gasteiger partial charge in [-0.05, 0) is 30.5 Å². The Morgan fingerprint density at radius 3 is 2.07 bits per heavy atom. The van der Waals surface area contributed by atoms with Gasteiger partial charge in [0.25, 0.3) is 0 Å². The summed E-state index contributed by atoms with van der Waals surface area (Å²) in [6, 6.07) is 13.0. The van der Waals surface area contributed by atoms with Gasteiger partial charge in [0, 0.05) is 5.56 Å². The molecule has 0 N–H and O–H groups in total. The third-order valence-corrected chi connectivity index (χ3v) is 4.01. The van der Waals surface area contributed by atoms with E-state index in [0.717, 1.165) is 6.42 Å². The van der Waals surface area contributed by atoms with Crippen LogP contribution in [0.1, 0.15) is 28.8 Å². The molecule has 0 heterocycles. The summed E-state index contributed by atoms with van der Waals surface area (Å²) in [6.45, 7) is 0.274. The van der Waals surface area contributed by atoms with E-state index in [9.17, 15) is 9.59 Å². The molecule has 2 aromatic rings. The van der Waals surface area contributed by atoms with E-state index in [1.165, 1.54) is 39.0 Å². The van der Waals surface area contributed by atoms with Gasteiger partial charge >= 0.3 is 5.97 Å². The Labute approximate surface area is 159 Å². The lowest BCUT2D eigenvalue weighted by atomic mass is 10.1. The Hall–Kier alpha value is -3.02. The molecule has 0 radical (unpaired) electrons. The highest BCUT2D eigenvalue weighted by Gasteiger charge is 2.19. The van der Waals surface area contributed by atoms with E-state index < -0.39 is 5.97 Å². The minimum Gasteiger partial charge on any atom is -0.493 e. The molecule has 6 nitrogen and oxygen atoms in total. The number of Topliss-reactive ketones (excluding diaryl/α,β-unsaturated/α-hetero) is 1. The third-order valence-electron chi connectivity index (χ3n) is 4.01. The van der Waals surface area contributed by atoms with Crippen LogP contribution in [-0.2, 0) is 16.0 Å². The van der Waals surface area contributed by atoms with E-state index >= 15 is 0 Å². The minimum absolute atomic E-state index is 0.274. The first-order valence-electron chi connectivity index (χ1n) is 8.61. The highest BCUT2D eigenvalue weighted by Crippen LogP contribution is 2.38. The molecule has 0 saturated heterocycles. The summed E-state index contributed by atoms with van der Waals surface area (Å²) in [7, 11) is 4.41. The van der Waals surface area contributed by atoms with Gasteiger partial charge in [-0.25, -0.2) is 0 Å². The molecule has 0 aliphatic carbocycles. The van der Waals surface area contributed by atoms with E-state index in [-0.39, 0.29) is 18.8 Å². The number of benzene rings is 2. The SMILES string of the molecule is COc1cc(C(=O)CC(=O)OCCCc2ccccc2)cc(OC)c1OC. The van der Waals surface area contributed by atoms with E-state index in [4.69, 9.17) is 18.9 Å². The van der Waals surface area contributed by atoms with E-state index in [1.807, 2.05) is 30.3 Å². The summed E-state index contributed by atoms with van der Waals surface area (Å²) in [5.41, 5.74) is 1.48. The number of hydrogen-bond acceptors (Lipinski definition) is 6. The zero-order chi connectivity index (χ0) is 19.6. The number of rotatable bonds is 10. The molecule has 0 atom stereocenters. The van der Waals surface area contributed by atoms with Gasteiger partial charge in [-0.2, -0.15) is 0 Å². The van der Waals surface area contributed by atoms with E-state index in [0.29, 0.717) is 29.2 Å². The summed E-state index contributed by atoms with van der Waals surface area (Å²) >= 11 is 0. The molecule has 0 bridgehead atoms. The topological polar surface area (TPSA) is 71.1 Å². The normalized spacial score (nSPS) is 10.2. The number of carbonyl (C=O) groups excluding carboxylic acids is 2. The second-order valence-electron chi connectivity index (χ2n) is 5.82. The Morgan fingerprint density at radius 1 is 0.889 bits per heavy atom. The van der Waals surface area contributed by atoms with E-state index in [2.05, 4.69) is 0 Å². The maximum absolute atomic E-state index is 12.4. The first kappa shape index (κ1) is 20.3. The summed E-state index contributed by atoms with van der Waals surface area (Å²) in [6.07, 6.45) is 1.17. The van der Waals surface area contributed by atoms with Gasteiger partial charge in [-0.3, -0.25) is 9.59 Å². The number of esters is 1. The molecular formula is C21H24O6. The van der Waals surface area contributed by atoms with Crippen molar-refractivity contribution in [3.63, 3.8) is 0 Å². The van der Waals surface area contributed by atoms with Crippen molar-refractivity contribution in [1.82, 2.24) is 0 Å².